The van der Waals surface area contributed by atoms with Crippen LogP contribution in [0.5, 0.6) is 11.5 Å². The summed E-state index contributed by atoms with van der Waals surface area (Å²) in [6.07, 6.45) is 1.83. The van der Waals surface area contributed by atoms with Crippen LogP contribution in [0.2, 0.25) is 0 Å². The number of nitrogens with two attached hydrogens (primary N) is 1. The molecule has 0 bridgehead atoms. The molecule has 4 aliphatic rings. The van der Waals surface area contributed by atoms with Gasteiger partial charge in [-0.05, 0) is 110 Å². The predicted molar refractivity (Wildman–Crippen MR) is 400 cm³/mol. The molecule has 30 nitrogen and oxygen atoms in total. The SMILES string of the molecule is NC(=O)C(CC(=O)C(CCCCNC(=O)CN1CCNCCNCCNCC1)NC(=O)CCNC(=O)C(CCCCNC(=O)CN1CCNCCNCCNCC1)CC(=O)COCCOCCNC(=S)Nc1ccc(-c2c3ccc(=O)cc-3oc3cc(O)ccc23)c(C(=O)O)c1)Cc1ccc(O)cc1. The van der Waals surface area contributed by atoms with Crippen LogP contribution < -0.4 is 75.0 Å². The van der Waals surface area contributed by atoms with Crippen LogP contribution in [0.4, 0.5) is 5.69 Å². The normalized spacial score (nSPS) is 15.7. The van der Waals surface area contributed by atoms with Crippen molar-refractivity contribution in [2.75, 3.05) is 176 Å². The molecule has 2 fully saturated rings. The first-order valence-electron chi connectivity index (χ1n) is 36.1. The second-order valence-corrected chi connectivity index (χ2v) is 26.3. The Morgan fingerprint density at radius 1 is 0.577 bits per heavy atom. The molecular formula is C73H105N15O15S. The largest absolute Gasteiger partial charge is 0.508 e. The number of unbranched alkanes of at least 4 members (excludes halogenated alkanes) is 2. The zero-order valence-electron chi connectivity index (χ0n) is 59.3. The lowest BCUT2D eigenvalue weighted by Crippen LogP contribution is -2.45. The van der Waals surface area contributed by atoms with E-state index >= 15 is 0 Å². The first-order chi connectivity index (χ1) is 50.4. The van der Waals surface area contributed by atoms with Crippen LogP contribution in [0, 0.1) is 11.8 Å². The number of aromatic hydroxyl groups is 2. The van der Waals surface area contributed by atoms with Crippen LogP contribution in [0.1, 0.15) is 73.7 Å². The number of thiocarbonyl (C=S) groups is 1. The second-order valence-electron chi connectivity index (χ2n) is 25.9. The lowest BCUT2D eigenvalue weighted by atomic mass is 9.90. The van der Waals surface area contributed by atoms with E-state index in [2.05, 4.69) is 73.6 Å². The molecule has 1 aliphatic carbocycles. The van der Waals surface area contributed by atoms with E-state index in [9.17, 15) is 58.5 Å². The van der Waals surface area contributed by atoms with Gasteiger partial charge in [-0.15, -0.1) is 0 Å². The molecule has 568 valence electrons. The molecule has 2 saturated heterocycles. The number of ketones is 2. The topological polar surface area (TPSA) is 423 Å². The lowest BCUT2D eigenvalue weighted by Gasteiger charge is -2.23. The van der Waals surface area contributed by atoms with Crippen molar-refractivity contribution < 1.29 is 67.6 Å². The molecule has 31 heteroatoms. The van der Waals surface area contributed by atoms with E-state index in [1.165, 1.54) is 42.5 Å². The van der Waals surface area contributed by atoms with Crippen LogP contribution in [-0.4, -0.2) is 254 Å². The van der Waals surface area contributed by atoms with Gasteiger partial charge in [0.15, 0.2) is 22.1 Å². The summed E-state index contributed by atoms with van der Waals surface area (Å²) in [7, 11) is 0. The number of phenolic OH excluding ortho intramolecular Hbond substituents is 2. The minimum absolute atomic E-state index is 0.0340. The summed E-state index contributed by atoms with van der Waals surface area (Å²) in [5, 5.41) is 69.1. The van der Waals surface area contributed by atoms with Gasteiger partial charge in [-0.2, -0.15) is 0 Å². The van der Waals surface area contributed by atoms with Crippen molar-refractivity contribution in [1.29, 1.82) is 0 Å². The van der Waals surface area contributed by atoms with Gasteiger partial charge in [0, 0.05) is 196 Å². The molecule has 0 saturated carbocycles. The molecular weight excluding hydrogens is 1360 g/mol. The van der Waals surface area contributed by atoms with Gasteiger partial charge in [0.1, 0.15) is 29.4 Å². The smallest absolute Gasteiger partial charge is 0.336 e. The van der Waals surface area contributed by atoms with Gasteiger partial charge in [-0.3, -0.25) is 48.2 Å². The Kier molecular flexibility index (Phi) is 36.8. The highest BCUT2D eigenvalue weighted by Crippen LogP contribution is 2.42. The van der Waals surface area contributed by atoms with E-state index in [1.54, 1.807) is 36.4 Å². The third-order valence-electron chi connectivity index (χ3n) is 17.7. The van der Waals surface area contributed by atoms with Gasteiger partial charge < -0.3 is 98.7 Å². The van der Waals surface area contributed by atoms with Gasteiger partial charge in [-0.25, -0.2) is 4.79 Å². The number of fused-ring (bicyclic) bond motifs is 2. The van der Waals surface area contributed by atoms with E-state index in [0.29, 0.717) is 98.3 Å². The summed E-state index contributed by atoms with van der Waals surface area (Å²) in [5.74, 6) is -5.52. The zero-order valence-corrected chi connectivity index (χ0v) is 60.1. The molecule has 3 aromatic carbocycles. The number of amides is 5. The molecule has 5 amide bonds. The number of primary amides is 1. The van der Waals surface area contributed by atoms with Gasteiger partial charge in [0.05, 0.1) is 44.5 Å². The van der Waals surface area contributed by atoms with Crippen molar-refractivity contribution in [2.45, 2.75) is 70.3 Å². The summed E-state index contributed by atoms with van der Waals surface area (Å²) < 4.78 is 17.3. The van der Waals surface area contributed by atoms with Gasteiger partial charge in [0.25, 0.3) is 0 Å². The molecule has 3 heterocycles. The number of aromatic carboxylic acids is 1. The average molecular weight is 1460 g/mol. The third-order valence-corrected chi connectivity index (χ3v) is 18.0. The number of carboxylic acid groups (broad SMARTS) is 1. The number of ether oxygens (including phenoxy) is 2. The zero-order chi connectivity index (χ0) is 74.3. The molecule has 0 radical (unpaired) electrons. The highest BCUT2D eigenvalue weighted by atomic mass is 32.1. The van der Waals surface area contributed by atoms with E-state index in [4.69, 9.17) is 31.8 Å². The Hall–Kier alpha value is -8.60. The fourth-order valence-corrected chi connectivity index (χ4v) is 12.4. The van der Waals surface area contributed by atoms with Crippen LogP contribution in [-0.2, 0) is 49.5 Å². The Morgan fingerprint density at radius 3 is 1.76 bits per heavy atom. The predicted octanol–water partition coefficient (Wildman–Crippen LogP) is 0.605. The molecule has 3 atom stereocenters. The molecule has 7 rings (SSSR count). The molecule has 3 aliphatic heterocycles. The third kappa shape index (κ3) is 30.6. The molecule has 0 spiro atoms. The quantitative estimate of drug-likeness (QED) is 0.0146. The maximum Gasteiger partial charge on any atom is 0.336 e. The van der Waals surface area contributed by atoms with Crippen LogP contribution >= 0.6 is 12.2 Å². The number of hydrogen-bond acceptors (Lipinski definition) is 23. The van der Waals surface area contributed by atoms with Crippen molar-refractivity contribution in [3.05, 3.63) is 100 Å². The van der Waals surface area contributed by atoms with E-state index in [1.807, 2.05) is 0 Å². The van der Waals surface area contributed by atoms with Crippen LogP contribution in [0.15, 0.2) is 88.1 Å². The number of nitrogens with zero attached hydrogens (tertiary/aromatic N) is 2. The highest BCUT2D eigenvalue weighted by Gasteiger charge is 2.29. The Balaban J connectivity index is 0.886. The van der Waals surface area contributed by atoms with Gasteiger partial charge in [-0.1, -0.05) is 24.6 Å². The average Bonchev–Trinajstić information content (AvgIpc) is 0.749. The summed E-state index contributed by atoms with van der Waals surface area (Å²) in [5.41, 5.74) is 8.10. The maximum atomic E-state index is 14.1. The minimum Gasteiger partial charge on any atom is -0.508 e. The van der Waals surface area contributed by atoms with Gasteiger partial charge >= 0.3 is 5.97 Å². The number of phenols is 2. The summed E-state index contributed by atoms with van der Waals surface area (Å²) >= 11 is 5.50. The molecule has 3 unspecified atom stereocenters. The van der Waals surface area contributed by atoms with E-state index in [0.717, 1.165) is 78.5 Å². The highest BCUT2D eigenvalue weighted by molar-refractivity contribution is 7.80. The maximum absolute atomic E-state index is 14.1. The Morgan fingerprint density at radius 2 is 1.15 bits per heavy atom. The second kappa shape index (κ2) is 46.3. The fourth-order valence-electron chi connectivity index (χ4n) is 12.2. The van der Waals surface area contributed by atoms with Crippen molar-refractivity contribution >= 4 is 81.1 Å². The number of nitrogens with one attached hydrogen (secondary N) is 12. The number of carbonyl (C=O) groups excluding carboxylic acids is 7. The van der Waals surface area contributed by atoms with Crippen molar-refractivity contribution in [1.82, 2.24) is 68.3 Å². The molecule has 104 heavy (non-hydrogen) atoms. The minimum atomic E-state index is -1.22. The van der Waals surface area contributed by atoms with Crippen molar-refractivity contribution in [2.24, 2.45) is 17.6 Å². The summed E-state index contributed by atoms with van der Waals surface area (Å²) in [6.45, 7) is 13.7. The lowest BCUT2D eigenvalue weighted by molar-refractivity contribution is -0.132. The number of carboxylic acids is 1. The van der Waals surface area contributed by atoms with E-state index < -0.39 is 47.4 Å². The Bertz CT molecular complexity index is 3580. The molecule has 17 N–H and O–H groups in total. The fraction of sp³-hybridized carbons (Fsp3) is 0.534. The van der Waals surface area contributed by atoms with E-state index in [-0.39, 0.29) is 148 Å². The number of carbonyl (C=O) groups is 8. The summed E-state index contributed by atoms with van der Waals surface area (Å²) in [6, 6.07) is 18.6. The van der Waals surface area contributed by atoms with Crippen LogP contribution in [0.25, 0.3) is 33.4 Å². The molecule has 0 aromatic heterocycles. The monoisotopic (exact) mass is 1460 g/mol. The first kappa shape index (κ1) is 82.7. The van der Waals surface area contributed by atoms with Gasteiger partial charge in [0.2, 0.25) is 29.5 Å². The first-order valence-corrected chi connectivity index (χ1v) is 36.5. The number of anilines is 1. The van der Waals surface area contributed by atoms with Crippen molar-refractivity contribution in [3.8, 4) is 33.9 Å². The van der Waals surface area contributed by atoms with Crippen molar-refractivity contribution in [3.63, 3.8) is 0 Å². The Labute approximate surface area is 611 Å². The molecule has 3 aromatic rings. The number of benzene rings is 4. The van der Waals surface area contributed by atoms with Crippen LogP contribution in [0.3, 0.4) is 0 Å². The number of rotatable bonds is 38. The standard InChI is InChI=1S/C73H105N15O15S/c74-70(97)52(41-50-7-10-54(89)11-8-50)43-63(93)62(6-2-4-19-82-68(96)48-88-36-31-79-27-23-76-24-28-80-32-37-88)86-66(94)17-20-83-71(98)51(5-1-3-18-81-67(95)47-87-34-29-77-25-21-75-22-26-78-30-35-87)42-57(92)49-102-40-39-101-38-33-84-73(104)85-53-9-14-58(61(44-53)72(99)100)69-59-15-12-55(90)45-64(59)103-65-46-56(91)13-16-60(65)69/h7-16,44-46,51-52,62,75-80,89-90H,1-6,17-43,47-49H2,(H2,74,97)(H,81,95)(H,82,96)(H,83,98)(H,86,94)(H,99,100)(H2,84,85,104). The number of Topliss-reactive ketones (excluding diaryl/α,β-unsaturated/α-hetero) is 2. The number of hydrogen-bond donors (Lipinski definition) is 16. The summed E-state index contributed by atoms with van der Waals surface area (Å²) in [4.78, 5) is 123.